The SMILES string of the molecule is Cc1cccc2nc(CNS(=O)(=O)c3ccc(C#N)cc3)cn12. The van der Waals surface area contributed by atoms with Gasteiger partial charge in [0.2, 0.25) is 10.0 Å². The Hall–Kier alpha value is -2.69. The Bertz CT molecular complexity index is 999. The maximum atomic E-state index is 12.3. The van der Waals surface area contributed by atoms with Crippen molar-refractivity contribution >= 4 is 15.7 Å². The van der Waals surface area contributed by atoms with Gasteiger partial charge in [-0.25, -0.2) is 18.1 Å². The van der Waals surface area contributed by atoms with Crippen LogP contribution in [0.3, 0.4) is 0 Å². The number of rotatable bonds is 4. The van der Waals surface area contributed by atoms with Crippen LogP contribution < -0.4 is 4.72 Å². The predicted molar refractivity (Wildman–Crippen MR) is 85.1 cm³/mol. The fourth-order valence-corrected chi connectivity index (χ4v) is 3.24. The quantitative estimate of drug-likeness (QED) is 0.794. The zero-order valence-corrected chi connectivity index (χ0v) is 13.2. The number of imidazole rings is 1. The summed E-state index contributed by atoms with van der Waals surface area (Å²) < 4.78 is 28.9. The Morgan fingerprint density at radius 2 is 1.96 bits per heavy atom. The van der Waals surface area contributed by atoms with Gasteiger partial charge in [0.25, 0.3) is 0 Å². The number of aryl methyl sites for hydroxylation is 1. The molecule has 0 fully saturated rings. The van der Waals surface area contributed by atoms with E-state index in [1.807, 2.05) is 41.8 Å². The van der Waals surface area contributed by atoms with Crippen molar-refractivity contribution in [2.45, 2.75) is 18.4 Å². The van der Waals surface area contributed by atoms with E-state index in [0.29, 0.717) is 11.3 Å². The van der Waals surface area contributed by atoms with Crippen molar-refractivity contribution in [1.29, 1.82) is 5.26 Å². The molecule has 3 rings (SSSR count). The lowest BCUT2D eigenvalue weighted by Crippen LogP contribution is -2.23. The van der Waals surface area contributed by atoms with E-state index >= 15 is 0 Å². The molecule has 7 heteroatoms. The number of nitriles is 1. The monoisotopic (exact) mass is 326 g/mol. The smallest absolute Gasteiger partial charge is 0.240 e. The average molecular weight is 326 g/mol. The minimum atomic E-state index is -3.64. The molecule has 1 aromatic carbocycles. The highest BCUT2D eigenvalue weighted by atomic mass is 32.2. The molecule has 0 aliphatic rings. The van der Waals surface area contributed by atoms with Crippen molar-refractivity contribution in [1.82, 2.24) is 14.1 Å². The van der Waals surface area contributed by atoms with E-state index in [9.17, 15) is 8.42 Å². The Morgan fingerprint density at radius 3 is 2.61 bits per heavy atom. The first kappa shape index (κ1) is 15.2. The lowest BCUT2D eigenvalue weighted by molar-refractivity contribution is 0.580. The number of benzene rings is 1. The van der Waals surface area contributed by atoms with E-state index in [4.69, 9.17) is 5.26 Å². The van der Waals surface area contributed by atoms with Crippen LogP contribution in [0.15, 0.2) is 53.6 Å². The highest BCUT2D eigenvalue weighted by Gasteiger charge is 2.14. The number of fused-ring (bicyclic) bond motifs is 1. The molecular weight excluding hydrogens is 312 g/mol. The molecule has 3 aromatic rings. The third-order valence-corrected chi connectivity index (χ3v) is 4.90. The largest absolute Gasteiger partial charge is 0.304 e. The number of pyridine rings is 1. The zero-order chi connectivity index (χ0) is 16.4. The van der Waals surface area contributed by atoms with Crippen LogP contribution in [-0.2, 0) is 16.6 Å². The van der Waals surface area contributed by atoms with Gasteiger partial charge in [0, 0.05) is 11.9 Å². The highest BCUT2D eigenvalue weighted by molar-refractivity contribution is 7.89. The van der Waals surface area contributed by atoms with Crippen molar-refractivity contribution in [3.8, 4) is 6.07 Å². The summed E-state index contributed by atoms with van der Waals surface area (Å²) in [4.78, 5) is 4.51. The molecule has 0 unspecified atom stereocenters. The summed E-state index contributed by atoms with van der Waals surface area (Å²) in [5, 5.41) is 8.75. The first-order chi connectivity index (χ1) is 11.0. The molecule has 116 valence electrons. The number of hydrogen-bond acceptors (Lipinski definition) is 4. The number of sulfonamides is 1. The summed E-state index contributed by atoms with van der Waals surface area (Å²) in [5.41, 5.74) is 2.85. The molecule has 1 N–H and O–H groups in total. The van der Waals surface area contributed by atoms with E-state index in [-0.39, 0.29) is 11.4 Å². The molecule has 23 heavy (non-hydrogen) atoms. The van der Waals surface area contributed by atoms with Crippen molar-refractivity contribution in [2.24, 2.45) is 0 Å². The summed E-state index contributed by atoms with van der Waals surface area (Å²) in [6, 6.07) is 13.5. The second-order valence-electron chi connectivity index (χ2n) is 5.09. The molecule has 6 nitrogen and oxygen atoms in total. The van der Waals surface area contributed by atoms with Crippen LogP contribution in [0.2, 0.25) is 0 Å². The molecule has 0 saturated heterocycles. The second kappa shape index (κ2) is 5.83. The maximum absolute atomic E-state index is 12.3. The van der Waals surface area contributed by atoms with Gasteiger partial charge in [-0.3, -0.25) is 0 Å². The lowest BCUT2D eigenvalue weighted by atomic mass is 10.2. The molecule has 0 amide bonds. The molecule has 0 bridgehead atoms. The van der Waals surface area contributed by atoms with E-state index < -0.39 is 10.0 Å². The van der Waals surface area contributed by atoms with Crippen LogP contribution in [0, 0.1) is 18.3 Å². The van der Waals surface area contributed by atoms with Crippen LogP contribution in [0.25, 0.3) is 5.65 Å². The molecule has 0 aliphatic carbocycles. The average Bonchev–Trinajstić information content (AvgIpc) is 2.98. The van der Waals surface area contributed by atoms with Gasteiger partial charge in [-0.15, -0.1) is 0 Å². The van der Waals surface area contributed by atoms with E-state index in [1.165, 1.54) is 24.3 Å². The molecule has 2 heterocycles. The fourth-order valence-electron chi connectivity index (χ4n) is 2.24. The number of nitrogens with zero attached hydrogens (tertiary/aromatic N) is 3. The van der Waals surface area contributed by atoms with Crippen LogP contribution in [-0.4, -0.2) is 17.8 Å². The molecular formula is C16H14N4O2S. The fraction of sp³-hybridized carbons (Fsp3) is 0.125. The Kier molecular flexibility index (Phi) is 3.86. The summed E-state index contributed by atoms with van der Waals surface area (Å²) in [7, 11) is -3.64. The highest BCUT2D eigenvalue weighted by Crippen LogP contribution is 2.12. The molecule has 0 radical (unpaired) electrons. The molecule has 0 atom stereocenters. The van der Waals surface area contributed by atoms with E-state index in [0.717, 1.165) is 11.3 Å². The van der Waals surface area contributed by atoms with Crippen LogP contribution >= 0.6 is 0 Å². The van der Waals surface area contributed by atoms with Crippen LogP contribution in [0.5, 0.6) is 0 Å². The number of nitrogens with one attached hydrogen (secondary N) is 1. The minimum absolute atomic E-state index is 0.101. The summed E-state index contributed by atoms with van der Waals surface area (Å²) in [6.07, 6.45) is 1.81. The molecule has 0 spiro atoms. The second-order valence-corrected chi connectivity index (χ2v) is 6.86. The minimum Gasteiger partial charge on any atom is -0.304 e. The number of aromatic nitrogens is 2. The Balaban J connectivity index is 1.80. The van der Waals surface area contributed by atoms with Gasteiger partial charge in [0.05, 0.1) is 28.8 Å². The van der Waals surface area contributed by atoms with Gasteiger partial charge in [-0.1, -0.05) is 6.07 Å². The first-order valence-electron chi connectivity index (χ1n) is 6.93. The standard InChI is InChI=1S/C16H14N4O2S/c1-12-3-2-4-16-19-14(11-20(12)16)10-18-23(21,22)15-7-5-13(9-17)6-8-15/h2-8,11,18H,10H2,1H3. The maximum Gasteiger partial charge on any atom is 0.240 e. The summed E-state index contributed by atoms with van der Waals surface area (Å²) in [6.45, 7) is 2.06. The van der Waals surface area contributed by atoms with Crippen molar-refractivity contribution in [2.75, 3.05) is 0 Å². The van der Waals surface area contributed by atoms with Crippen molar-refractivity contribution in [3.05, 3.63) is 65.6 Å². The van der Waals surface area contributed by atoms with Gasteiger partial charge in [0.1, 0.15) is 5.65 Å². The third kappa shape index (κ3) is 3.08. The third-order valence-electron chi connectivity index (χ3n) is 3.48. The predicted octanol–water partition coefficient (Wildman–Crippen LogP) is 1.99. The summed E-state index contributed by atoms with van der Waals surface area (Å²) >= 11 is 0. The van der Waals surface area contributed by atoms with E-state index in [1.54, 1.807) is 0 Å². The lowest BCUT2D eigenvalue weighted by Gasteiger charge is -2.05. The number of hydrogen-bond donors (Lipinski definition) is 1. The Morgan fingerprint density at radius 1 is 1.22 bits per heavy atom. The summed E-state index contributed by atoms with van der Waals surface area (Å²) in [5.74, 6) is 0. The van der Waals surface area contributed by atoms with Crippen LogP contribution in [0.4, 0.5) is 0 Å². The first-order valence-corrected chi connectivity index (χ1v) is 8.41. The van der Waals surface area contributed by atoms with Gasteiger partial charge in [-0.05, 0) is 43.3 Å². The van der Waals surface area contributed by atoms with Gasteiger partial charge in [-0.2, -0.15) is 5.26 Å². The van der Waals surface area contributed by atoms with Crippen molar-refractivity contribution < 1.29 is 8.42 Å². The van der Waals surface area contributed by atoms with Gasteiger partial charge in [0.15, 0.2) is 0 Å². The molecule has 2 aromatic heterocycles. The van der Waals surface area contributed by atoms with Gasteiger partial charge < -0.3 is 4.40 Å². The Labute approximate surface area is 134 Å². The van der Waals surface area contributed by atoms with Crippen LogP contribution in [0.1, 0.15) is 17.0 Å². The molecule has 0 aliphatic heterocycles. The van der Waals surface area contributed by atoms with Gasteiger partial charge >= 0.3 is 0 Å². The normalized spacial score (nSPS) is 11.5. The zero-order valence-electron chi connectivity index (χ0n) is 12.4. The topological polar surface area (TPSA) is 87.3 Å². The molecule has 0 saturated carbocycles. The van der Waals surface area contributed by atoms with Crippen molar-refractivity contribution in [3.63, 3.8) is 0 Å². The van der Waals surface area contributed by atoms with E-state index in [2.05, 4.69) is 9.71 Å².